The Kier molecular flexibility index (Phi) is 13.0. The number of benzene rings is 3. The second-order valence-electron chi connectivity index (χ2n) is 21.1. The molecule has 2 atom stereocenters. The van der Waals surface area contributed by atoms with Crippen LogP contribution in [0.5, 0.6) is 17.2 Å². The van der Waals surface area contributed by atoms with Gasteiger partial charge in [0.05, 0.1) is 27.0 Å². The molecule has 1 spiro atoms. The standard InChI is InChI=1S/C53H64N8O9S/c1-5-47(62)56-50-46(25-34-16-21-54-49(34)57-50)70-44-26-35(59-23-19-53(20-24-59)29-36(30-53)60-22-8-11-42(60)39-10-7-6-9-38(39)32(2)3)12-13-40(44)51(63)58-71(67,68)37-27-43(61(65)66)48-45(28-37)69-31-41(55-48)33-14-17-52(4,64)18-15-33/h6-7,9-10,12-13,16,21,25-28,32-33,36,41-42,55,64H,5,8,11,14-15,17-20,22-24,29-31H2,1-4H3,(H,58,63)(H2,54,56,57,62)/t33?,41-,42-,52?/m1/s1. The molecule has 2 saturated heterocycles. The zero-order chi connectivity index (χ0) is 49.8. The Morgan fingerprint density at radius 2 is 1.76 bits per heavy atom. The molecule has 5 heterocycles. The first-order valence-electron chi connectivity index (χ1n) is 25.2. The number of nitrogens with one attached hydrogen (secondary N) is 4. The van der Waals surface area contributed by atoms with Gasteiger partial charge < -0.3 is 35.1 Å². The Hall–Kier alpha value is -6.24. The number of pyridine rings is 1. The van der Waals surface area contributed by atoms with E-state index in [0.29, 0.717) is 54.7 Å². The van der Waals surface area contributed by atoms with Crippen molar-refractivity contribution in [3.8, 4) is 17.2 Å². The molecule has 3 aromatic carbocycles. The first-order valence-corrected chi connectivity index (χ1v) is 26.7. The van der Waals surface area contributed by atoms with Crippen molar-refractivity contribution in [1.82, 2.24) is 19.6 Å². The Bertz CT molecular complexity index is 2970. The van der Waals surface area contributed by atoms with E-state index in [9.17, 15) is 33.2 Å². The lowest BCUT2D eigenvalue weighted by Crippen LogP contribution is -2.54. The molecule has 2 amide bonds. The van der Waals surface area contributed by atoms with Crippen LogP contribution in [-0.2, 0) is 14.8 Å². The van der Waals surface area contributed by atoms with Crippen molar-refractivity contribution in [2.75, 3.05) is 41.8 Å². The number of anilines is 3. The van der Waals surface area contributed by atoms with E-state index in [1.54, 1.807) is 44.3 Å². The molecule has 0 unspecified atom stereocenters. The number of piperidine rings is 1. The Morgan fingerprint density at radius 1 is 1.00 bits per heavy atom. The van der Waals surface area contributed by atoms with Gasteiger partial charge in [-0.05, 0) is 130 Å². The topological polar surface area (TPSA) is 221 Å². The molecule has 17 nitrogen and oxygen atoms in total. The minimum Gasteiger partial charge on any atom is -0.489 e. The van der Waals surface area contributed by atoms with Crippen molar-refractivity contribution < 1.29 is 37.5 Å². The molecule has 2 saturated carbocycles. The number of nitro groups is 1. The van der Waals surface area contributed by atoms with E-state index in [-0.39, 0.29) is 70.6 Å². The molecule has 18 heteroatoms. The van der Waals surface area contributed by atoms with Crippen LogP contribution in [0.25, 0.3) is 11.0 Å². The van der Waals surface area contributed by atoms with Crippen LogP contribution in [-0.4, -0.2) is 89.1 Å². The molecule has 376 valence electrons. The van der Waals surface area contributed by atoms with Gasteiger partial charge in [0.2, 0.25) is 5.91 Å². The van der Waals surface area contributed by atoms with Crippen molar-refractivity contribution in [3.05, 3.63) is 99.7 Å². The van der Waals surface area contributed by atoms with Crippen LogP contribution in [0.3, 0.4) is 0 Å². The van der Waals surface area contributed by atoms with Gasteiger partial charge in [-0.2, -0.15) is 0 Å². The third kappa shape index (κ3) is 9.77. The summed E-state index contributed by atoms with van der Waals surface area (Å²) in [6.07, 6.45) is 11.1. The van der Waals surface area contributed by atoms with Crippen molar-refractivity contribution in [1.29, 1.82) is 0 Å². The summed E-state index contributed by atoms with van der Waals surface area (Å²) in [6.45, 7) is 10.9. The average molecular weight is 989 g/mol. The van der Waals surface area contributed by atoms with Crippen LogP contribution in [0, 0.1) is 21.4 Å². The first-order chi connectivity index (χ1) is 34.0. The fourth-order valence-corrected chi connectivity index (χ4v) is 12.9. The smallest absolute Gasteiger partial charge is 0.297 e. The SMILES string of the molecule is CCC(=O)Nc1nc2[nH]ccc2cc1Oc1cc(N2CCC3(CC2)CC(N2CCC[C@@H]2c2ccccc2C(C)C)C3)ccc1C(=O)NS(=O)(=O)c1cc2c(c([N+](=O)[O-])c1)N[C@@H](C1CCC(C)(O)CC1)CO2. The molecule has 0 radical (unpaired) electrons. The Labute approximate surface area is 414 Å². The normalized spacial score (nSPS) is 23.4. The van der Waals surface area contributed by atoms with Gasteiger partial charge in [-0.3, -0.25) is 24.6 Å². The summed E-state index contributed by atoms with van der Waals surface area (Å²) in [5.41, 5.74) is 3.09. The predicted octanol–water partition coefficient (Wildman–Crippen LogP) is 9.55. The van der Waals surface area contributed by atoms with E-state index in [4.69, 9.17) is 9.47 Å². The van der Waals surface area contributed by atoms with Gasteiger partial charge >= 0.3 is 0 Å². The van der Waals surface area contributed by atoms with Crippen LogP contribution < -0.4 is 29.7 Å². The monoisotopic (exact) mass is 988 g/mol. The van der Waals surface area contributed by atoms with Gasteiger partial charge in [0.15, 0.2) is 23.0 Å². The second kappa shape index (κ2) is 19.1. The number of nitro benzene ring substituents is 1. The van der Waals surface area contributed by atoms with Gasteiger partial charge in [-0.25, -0.2) is 18.1 Å². The molecule has 5 aromatic rings. The van der Waals surface area contributed by atoms with E-state index in [2.05, 4.69) is 73.2 Å². The summed E-state index contributed by atoms with van der Waals surface area (Å²) in [6, 6.07) is 20.2. The number of aliphatic hydroxyl groups is 1. The molecular formula is C53H64N8O9S. The van der Waals surface area contributed by atoms with Gasteiger partial charge in [-0.15, -0.1) is 0 Å². The third-order valence-electron chi connectivity index (χ3n) is 16.0. The molecule has 3 aliphatic heterocycles. The zero-order valence-corrected chi connectivity index (χ0v) is 41.6. The number of amides is 2. The highest BCUT2D eigenvalue weighted by atomic mass is 32.2. The summed E-state index contributed by atoms with van der Waals surface area (Å²) < 4.78 is 42.9. The number of sulfonamides is 1. The number of nitrogens with zero attached hydrogens (tertiary/aromatic N) is 4. The fourth-order valence-electron chi connectivity index (χ4n) is 11.9. The van der Waals surface area contributed by atoms with Gasteiger partial charge in [0, 0.05) is 67.1 Å². The maximum absolute atomic E-state index is 14.3. The molecule has 5 N–H and O–H groups in total. The molecule has 0 bridgehead atoms. The van der Waals surface area contributed by atoms with Crippen molar-refractivity contribution in [2.24, 2.45) is 11.3 Å². The van der Waals surface area contributed by atoms with Crippen LogP contribution in [0.4, 0.5) is 22.9 Å². The number of aromatic nitrogens is 2. The number of rotatable bonds is 13. The first kappa shape index (κ1) is 48.4. The summed E-state index contributed by atoms with van der Waals surface area (Å²) in [5, 5.41) is 29.7. The quantitative estimate of drug-likeness (QED) is 0.0549. The van der Waals surface area contributed by atoms with Crippen molar-refractivity contribution in [3.63, 3.8) is 0 Å². The number of ether oxygens (including phenoxy) is 2. The minimum atomic E-state index is -4.74. The fraction of sp³-hybridized carbons (Fsp3) is 0.491. The lowest BCUT2D eigenvalue weighted by atomic mass is 9.59. The van der Waals surface area contributed by atoms with Crippen LogP contribution >= 0.6 is 0 Å². The van der Waals surface area contributed by atoms with Crippen LogP contribution in [0.15, 0.2) is 77.8 Å². The molecule has 5 aliphatic rings. The van der Waals surface area contributed by atoms with E-state index in [0.717, 1.165) is 57.1 Å². The Morgan fingerprint density at radius 3 is 2.49 bits per heavy atom. The Balaban J connectivity index is 0.894. The minimum absolute atomic E-state index is 0.0175. The largest absolute Gasteiger partial charge is 0.489 e. The van der Waals surface area contributed by atoms with E-state index >= 15 is 0 Å². The molecule has 2 aromatic heterocycles. The number of aromatic amines is 1. The van der Waals surface area contributed by atoms with Crippen molar-refractivity contribution >= 4 is 55.8 Å². The lowest BCUT2D eigenvalue weighted by molar-refractivity contribution is -0.384. The van der Waals surface area contributed by atoms with Gasteiger partial charge in [-0.1, -0.05) is 45.0 Å². The number of hydrogen-bond donors (Lipinski definition) is 5. The van der Waals surface area contributed by atoms with Crippen molar-refractivity contribution in [2.45, 2.75) is 133 Å². The predicted molar refractivity (Wildman–Crippen MR) is 271 cm³/mol. The molecule has 4 fully saturated rings. The number of hydrogen-bond acceptors (Lipinski definition) is 13. The number of likely N-dealkylation sites (tertiary alicyclic amines) is 1. The van der Waals surface area contributed by atoms with Gasteiger partial charge in [0.1, 0.15) is 18.0 Å². The maximum atomic E-state index is 14.3. The molecule has 71 heavy (non-hydrogen) atoms. The number of fused-ring (bicyclic) bond motifs is 2. The van der Waals surface area contributed by atoms with E-state index in [1.807, 2.05) is 0 Å². The summed E-state index contributed by atoms with van der Waals surface area (Å²) in [4.78, 5) is 51.0. The second-order valence-corrected chi connectivity index (χ2v) is 22.7. The average Bonchev–Trinajstić information content (AvgIpc) is 4.02. The summed E-state index contributed by atoms with van der Waals surface area (Å²) >= 11 is 0. The third-order valence-corrected chi connectivity index (χ3v) is 17.3. The van der Waals surface area contributed by atoms with E-state index in [1.165, 1.54) is 36.1 Å². The number of H-pyrrole nitrogens is 1. The lowest BCUT2D eigenvalue weighted by Gasteiger charge is -2.56. The molecule has 2 aliphatic carbocycles. The summed E-state index contributed by atoms with van der Waals surface area (Å²) in [5.74, 6) is -0.565. The highest BCUT2D eigenvalue weighted by Gasteiger charge is 2.50. The molecule has 10 rings (SSSR count). The van der Waals surface area contributed by atoms with Crippen LogP contribution in [0.2, 0.25) is 0 Å². The highest BCUT2D eigenvalue weighted by Crippen LogP contribution is 2.54. The maximum Gasteiger partial charge on any atom is 0.297 e. The zero-order valence-electron chi connectivity index (χ0n) is 40.8. The van der Waals surface area contributed by atoms with Crippen LogP contribution in [0.1, 0.15) is 132 Å². The van der Waals surface area contributed by atoms with E-state index < -0.39 is 37.0 Å². The highest BCUT2D eigenvalue weighted by molar-refractivity contribution is 7.90. The number of carbonyl (C=O) groups is 2. The summed E-state index contributed by atoms with van der Waals surface area (Å²) in [7, 11) is -4.74. The molecular weight excluding hydrogens is 925 g/mol. The number of carbonyl (C=O) groups excluding carboxylic acids is 2. The van der Waals surface area contributed by atoms with Gasteiger partial charge in [0.25, 0.3) is 21.6 Å².